The zero-order valence-corrected chi connectivity index (χ0v) is 16.1. The summed E-state index contributed by atoms with van der Waals surface area (Å²) in [7, 11) is 2.17. The summed E-state index contributed by atoms with van der Waals surface area (Å²) in [5.74, 6) is 0.666. The van der Waals surface area contributed by atoms with Crippen molar-refractivity contribution in [3.05, 3.63) is 72.1 Å². The van der Waals surface area contributed by atoms with Crippen molar-refractivity contribution < 1.29 is 4.79 Å². The summed E-state index contributed by atoms with van der Waals surface area (Å²) < 4.78 is 0. The molecule has 2 heterocycles. The Labute approximate surface area is 162 Å². The molecular weight excluding hydrogens is 334 g/mol. The third-order valence-electron chi connectivity index (χ3n) is 5.23. The summed E-state index contributed by atoms with van der Waals surface area (Å²) in [6.07, 6.45) is 8.44. The Kier molecular flexibility index (Phi) is 7.17. The number of amides is 1. The topological polar surface area (TPSA) is 36.4 Å². The maximum atomic E-state index is 12.9. The van der Waals surface area contributed by atoms with Gasteiger partial charge in [0, 0.05) is 25.4 Å². The van der Waals surface area contributed by atoms with Crippen LogP contribution in [0.4, 0.5) is 0 Å². The van der Waals surface area contributed by atoms with Gasteiger partial charge in [-0.2, -0.15) is 0 Å². The highest BCUT2D eigenvalue weighted by Crippen LogP contribution is 2.18. The van der Waals surface area contributed by atoms with Crippen molar-refractivity contribution in [1.82, 2.24) is 14.8 Å². The molecule has 0 bridgehead atoms. The average Bonchev–Trinajstić information content (AvgIpc) is 2.72. The molecule has 4 heteroatoms. The summed E-state index contributed by atoms with van der Waals surface area (Å²) >= 11 is 0. The van der Waals surface area contributed by atoms with E-state index in [0.29, 0.717) is 5.92 Å². The smallest absolute Gasteiger partial charge is 0.246 e. The Hall–Kier alpha value is -2.46. The fourth-order valence-electron chi connectivity index (χ4n) is 3.49. The first-order valence-electron chi connectivity index (χ1n) is 9.81. The van der Waals surface area contributed by atoms with Gasteiger partial charge in [0.2, 0.25) is 5.91 Å². The average molecular weight is 364 g/mol. The van der Waals surface area contributed by atoms with Gasteiger partial charge < -0.3 is 9.80 Å². The fourth-order valence-corrected chi connectivity index (χ4v) is 3.49. The molecular formula is C23H29N3O. The van der Waals surface area contributed by atoms with E-state index >= 15 is 0 Å². The van der Waals surface area contributed by atoms with Crippen molar-refractivity contribution in [2.24, 2.45) is 5.92 Å². The van der Waals surface area contributed by atoms with Crippen LogP contribution in [-0.2, 0) is 11.2 Å². The molecule has 3 rings (SSSR count). The Bertz CT molecular complexity index is 722. The van der Waals surface area contributed by atoms with E-state index in [1.54, 1.807) is 12.3 Å². The third kappa shape index (κ3) is 6.33. The van der Waals surface area contributed by atoms with Crippen LogP contribution < -0.4 is 0 Å². The lowest BCUT2D eigenvalue weighted by molar-refractivity contribution is -0.126. The SMILES string of the molecule is CN1CCC(CN(CCc2ccccc2)C(=O)/C=C/c2ccccn2)CC1. The van der Waals surface area contributed by atoms with Crippen molar-refractivity contribution >= 4 is 12.0 Å². The number of benzene rings is 1. The molecule has 2 aromatic rings. The summed E-state index contributed by atoms with van der Waals surface area (Å²) in [6.45, 7) is 3.83. The normalized spacial score (nSPS) is 15.9. The molecule has 1 aromatic heterocycles. The molecule has 0 radical (unpaired) electrons. The van der Waals surface area contributed by atoms with E-state index < -0.39 is 0 Å². The zero-order chi connectivity index (χ0) is 18.9. The van der Waals surface area contributed by atoms with Gasteiger partial charge in [-0.3, -0.25) is 9.78 Å². The van der Waals surface area contributed by atoms with E-state index in [2.05, 4.69) is 41.2 Å². The number of carbonyl (C=O) groups is 1. The van der Waals surface area contributed by atoms with E-state index in [-0.39, 0.29) is 5.91 Å². The predicted molar refractivity (Wildman–Crippen MR) is 110 cm³/mol. The third-order valence-corrected chi connectivity index (χ3v) is 5.23. The highest BCUT2D eigenvalue weighted by molar-refractivity contribution is 5.91. The van der Waals surface area contributed by atoms with Crippen LogP contribution in [0.5, 0.6) is 0 Å². The maximum Gasteiger partial charge on any atom is 0.246 e. The molecule has 0 spiro atoms. The summed E-state index contributed by atoms with van der Waals surface area (Å²) in [6, 6.07) is 16.1. The highest BCUT2D eigenvalue weighted by atomic mass is 16.2. The molecule has 1 amide bonds. The van der Waals surface area contributed by atoms with Gasteiger partial charge in [0.1, 0.15) is 0 Å². The van der Waals surface area contributed by atoms with Crippen molar-refractivity contribution in [2.75, 3.05) is 33.2 Å². The van der Waals surface area contributed by atoms with Gasteiger partial charge in [-0.05, 0) is 69.1 Å². The fraction of sp³-hybridized carbons (Fsp3) is 0.391. The molecule has 142 valence electrons. The van der Waals surface area contributed by atoms with Gasteiger partial charge in [0.15, 0.2) is 0 Å². The number of aromatic nitrogens is 1. The van der Waals surface area contributed by atoms with Gasteiger partial charge in [-0.25, -0.2) is 0 Å². The van der Waals surface area contributed by atoms with Crippen LogP contribution in [0, 0.1) is 5.92 Å². The van der Waals surface area contributed by atoms with Gasteiger partial charge in [0.05, 0.1) is 5.69 Å². The number of hydrogen-bond donors (Lipinski definition) is 0. The second kappa shape index (κ2) is 10.0. The lowest BCUT2D eigenvalue weighted by atomic mass is 9.96. The molecule has 0 saturated carbocycles. The van der Waals surface area contributed by atoms with Crippen LogP contribution in [0.3, 0.4) is 0 Å². The number of rotatable bonds is 7. The summed E-state index contributed by atoms with van der Waals surface area (Å²) in [5.41, 5.74) is 2.08. The molecule has 1 fully saturated rings. The molecule has 1 saturated heterocycles. The molecule has 0 N–H and O–H groups in total. The number of likely N-dealkylation sites (tertiary alicyclic amines) is 1. The maximum absolute atomic E-state index is 12.9. The second-order valence-electron chi connectivity index (χ2n) is 7.35. The van der Waals surface area contributed by atoms with Gasteiger partial charge in [-0.1, -0.05) is 36.4 Å². The molecule has 1 aliphatic rings. The molecule has 0 unspecified atom stereocenters. The van der Waals surface area contributed by atoms with Crippen LogP contribution >= 0.6 is 0 Å². The zero-order valence-electron chi connectivity index (χ0n) is 16.1. The minimum atomic E-state index is 0.0792. The Morgan fingerprint density at radius 3 is 2.59 bits per heavy atom. The van der Waals surface area contributed by atoms with Crippen molar-refractivity contribution in [1.29, 1.82) is 0 Å². The van der Waals surface area contributed by atoms with Gasteiger partial charge >= 0.3 is 0 Å². The molecule has 27 heavy (non-hydrogen) atoms. The van der Waals surface area contributed by atoms with Crippen LogP contribution in [0.2, 0.25) is 0 Å². The van der Waals surface area contributed by atoms with Crippen LogP contribution in [0.25, 0.3) is 6.08 Å². The predicted octanol–water partition coefficient (Wildman–Crippen LogP) is 3.51. The summed E-state index contributed by atoms with van der Waals surface area (Å²) in [5, 5.41) is 0. The van der Waals surface area contributed by atoms with Crippen LogP contribution in [0.1, 0.15) is 24.1 Å². The lowest BCUT2D eigenvalue weighted by Crippen LogP contribution is -2.40. The summed E-state index contributed by atoms with van der Waals surface area (Å²) in [4.78, 5) is 21.5. The van der Waals surface area contributed by atoms with E-state index in [4.69, 9.17) is 0 Å². The highest BCUT2D eigenvalue weighted by Gasteiger charge is 2.21. The molecule has 0 aliphatic carbocycles. The van der Waals surface area contributed by atoms with Crippen LogP contribution in [-0.4, -0.2) is 53.9 Å². The molecule has 1 aliphatic heterocycles. The van der Waals surface area contributed by atoms with Gasteiger partial charge in [0.25, 0.3) is 0 Å². The first kappa shape index (κ1) is 19.3. The first-order valence-corrected chi connectivity index (χ1v) is 9.81. The van der Waals surface area contributed by atoms with E-state index in [1.165, 1.54) is 5.56 Å². The number of pyridine rings is 1. The van der Waals surface area contributed by atoms with E-state index in [9.17, 15) is 4.79 Å². The number of nitrogens with zero attached hydrogens (tertiary/aromatic N) is 3. The van der Waals surface area contributed by atoms with E-state index in [1.807, 2.05) is 35.2 Å². The first-order chi connectivity index (χ1) is 13.2. The Morgan fingerprint density at radius 1 is 1.15 bits per heavy atom. The number of carbonyl (C=O) groups excluding carboxylic acids is 1. The largest absolute Gasteiger partial charge is 0.339 e. The molecule has 0 atom stereocenters. The van der Waals surface area contributed by atoms with Crippen LogP contribution in [0.15, 0.2) is 60.8 Å². The number of hydrogen-bond acceptors (Lipinski definition) is 3. The van der Waals surface area contributed by atoms with E-state index in [0.717, 1.165) is 51.1 Å². The van der Waals surface area contributed by atoms with Gasteiger partial charge in [-0.15, -0.1) is 0 Å². The Morgan fingerprint density at radius 2 is 1.89 bits per heavy atom. The quantitative estimate of drug-likeness (QED) is 0.707. The molecule has 4 nitrogen and oxygen atoms in total. The van der Waals surface area contributed by atoms with Crippen molar-refractivity contribution in [3.63, 3.8) is 0 Å². The number of piperidine rings is 1. The second-order valence-corrected chi connectivity index (χ2v) is 7.35. The lowest BCUT2D eigenvalue weighted by Gasteiger charge is -2.33. The standard InChI is InChI=1S/C23H29N3O/c1-25-16-12-21(13-17-25)19-26(18-14-20-7-3-2-4-8-20)23(27)11-10-22-9-5-6-15-24-22/h2-11,15,21H,12-14,16-19H2,1H3/b11-10+. The van der Waals surface area contributed by atoms with Crippen molar-refractivity contribution in [2.45, 2.75) is 19.3 Å². The van der Waals surface area contributed by atoms with Crippen molar-refractivity contribution in [3.8, 4) is 0 Å². The minimum absolute atomic E-state index is 0.0792. The monoisotopic (exact) mass is 363 g/mol. The molecule has 1 aromatic carbocycles. The Balaban J connectivity index is 1.64. The minimum Gasteiger partial charge on any atom is -0.339 e.